The molecule has 0 spiro atoms. The van der Waals surface area contributed by atoms with E-state index in [1.165, 1.54) is 0 Å². The van der Waals surface area contributed by atoms with E-state index in [2.05, 4.69) is 10.6 Å². The van der Waals surface area contributed by atoms with Crippen LogP contribution in [0.1, 0.15) is 32.3 Å². The molecule has 0 saturated carbocycles. The third-order valence-electron chi connectivity index (χ3n) is 4.51. The summed E-state index contributed by atoms with van der Waals surface area (Å²) in [7, 11) is 1.65. The molecule has 1 unspecified atom stereocenters. The molecule has 1 aliphatic rings. The van der Waals surface area contributed by atoms with Crippen molar-refractivity contribution in [1.29, 1.82) is 0 Å². The number of methoxy groups -OCH3 is 1. The van der Waals surface area contributed by atoms with E-state index in [-0.39, 0.29) is 11.3 Å². The lowest BCUT2D eigenvalue weighted by Gasteiger charge is -2.36. The molecular formula is C17H26N2O2. The van der Waals surface area contributed by atoms with Crippen molar-refractivity contribution in [3.05, 3.63) is 29.8 Å². The lowest BCUT2D eigenvalue weighted by atomic mass is 9.74. The number of hydrogen-bond acceptors (Lipinski definition) is 3. The number of ether oxygens (including phenoxy) is 1. The van der Waals surface area contributed by atoms with Crippen LogP contribution in [-0.2, 0) is 11.3 Å². The summed E-state index contributed by atoms with van der Waals surface area (Å²) in [4.78, 5) is 12.5. The van der Waals surface area contributed by atoms with E-state index in [4.69, 9.17) is 4.74 Å². The molecule has 1 atom stereocenters. The Hall–Kier alpha value is -1.55. The van der Waals surface area contributed by atoms with E-state index in [1.807, 2.05) is 38.1 Å². The summed E-state index contributed by atoms with van der Waals surface area (Å²) in [5.74, 6) is 1.37. The van der Waals surface area contributed by atoms with Crippen LogP contribution >= 0.6 is 0 Å². The van der Waals surface area contributed by atoms with Gasteiger partial charge < -0.3 is 15.4 Å². The monoisotopic (exact) mass is 290 g/mol. The van der Waals surface area contributed by atoms with Crippen LogP contribution < -0.4 is 15.4 Å². The van der Waals surface area contributed by atoms with Gasteiger partial charge in [-0.15, -0.1) is 0 Å². The van der Waals surface area contributed by atoms with Gasteiger partial charge >= 0.3 is 0 Å². The molecule has 1 aromatic carbocycles. The molecule has 1 saturated heterocycles. The van der Waals surface area contributed by atoms with Crippen molar-refractivity contribution in [3.63, 3.8) is 0 Å². The van der Waals surface area contributed by atoms with Gasteiger partial charge in [0.05, 0.1) is 7.11 Å². The van der Waals surface area contributed by atoms with E-state index in [0.29, 0.717) is 12.5 Å². The Labute approximate surface area is 127 Å². The maximum absolute atomic E-state index is 12.5. The van der Waals surface area contributed by atoms with E-state index in [1.54, 1.807) is 7.11 Å². The second kappa shape index (κ2) is 6.94. The maximum Gasteiger partial charge on any atom is 0.226 e. The molecule has 4 heteroatoms. The first-order valence-corrected chi connectivity index (χ1v) is 7.66. The molecule has 2 N–H and O–H groups in total. The number of amides is 1. The first-order valence-electron chi connectivity index (χ1n) is 7.66. The molecule has 1 aliphatic heterocycles. The normalized spacial score (nSPS) is 19.1. The first-order chi connectivity index (χ1) is 10.0. The fourth-order valence-corrected chi connectivity index (χ4v) is 2.81. The number of piperidine rings is 1. The Kier molecular flexibility index (Phi) is 5.23. The Morgan fingerprint density at radius 1 is 1.38 bits per heavy atom. The van der Waals surface area contributed by atoms with Crippen LogP contribution in [0.4, 0.5) is 0 Å². The molecule has 116 valence electrons. The first kappa shape index (κ1) is 15.8. The zero-order chi connectivity index (χ0) is 15.3. The number of hydrogen-bond donors (Lipinski definition) is 2. The molecule has 0 aromatic heterocycles. The molecule has 21 heavy (non-hydrogen) atoms. The Bertz CT molecular complexity index is 462. The van der Waals surface area contributed by atoms with Crippen LogP contribution in [0.15, 0.2) is 24.3 Å². The Balaban J connectivity index is 1.90. The average Bonchev–Trinajstić information content (AvgIpc) is 2.53. The van der Waals surface area contributed by atoms with Gasteiger partial charge in [-0.2, -0.15) is 0 Å². The summed E-state index contributed by atoms with van der Waals surface area (Å²) in [5, 5.41) is 6.45. The Morgan fingerprint density at radius 3 is 2.67 bits per heavy atom. The van der Waals surface area contributed by atoms with Gasteiger partial charge in [0.1, 0.15) is 5.75 Å². The van der Waals surface area contributed by atoms with Gasteiger partial charge in [0.2, 0.25) is 5.91 Å². The maximum atomic E-state index is 12.5. The summed E-state index contributed by atoms with van der Waals surface area (Å²) < 4.78 is 5.13. The van der Waals surface area contributed by atoms with Gasteiger partial charge in [-0.25, -0.2) is 0 Å². The molecule has 1 amide bonds. The van der Waals surface area contributed by atoms with E-state index in [0.717, 1.165) is 37.2 Å². The van der Waals surface area contributed by atoms with Crippen LogP contribution in [0.2, 0.25) is 0 Å². The fourth-order valence-electron chi connectivity index (χ4n) is 2.81. The fraction of sp³-hybridized carbons (Fsp3) is 0.588. The van der Waals surface area contributed by atoms with Gasteiger partial charge in [0.25, 0.3) is 0 Å². The van der Waals surface area contributed by atoms with E-state index >= 15 is 0 Å². The van der Waals surface area contributed by atoms with Gasteiger partial charge in [-0.1, -0.05) is 26.0 Å². The predicted octanol–water partition coefficient (Wildman–Crippen LogP) is 2.34. The highest BCUT2D eigenvalue weighted by Crippen LogP contribution is 2.32. The number of rotatable bonds is 5. The van der Waals surface area contributed by atoms with Crippen molar-refractivity contribution < 1.29 is 9.53 Å². The van der Waals surface area contributed by atoms with Crippen LogP contribution in [-0.4, -0.2) is 26.1 Å². The standard InChI is InChI=1S/C17H26N2O2/c1-17(2,14-5-4-10-18-12-14)16(20)19-11-13-6-8-15(21-3)9-7-13/h6-9,14,18H,4-5,10-12H2,1-3H3,(H,19,20). The van der Waals surface area contributed by atoms with Crippen LogP contribution in [0.3, 0.4) is 0 Å². The third-order valence-corrected chi connectivity index (χ3v) is 4.51. The summed E-state index contributed by atoms with van der Waals surface area (Å²) in [5.41, 5.74) is 0.751. The summed E-state index contributed by atoms with van der Waals surface area (Å²) >= 11 is 0. The molecule has 1 aromatic rings. The number of benzene rings is 1. The number of carbonyl (C=O) groups is 1. The smallest absolute Gasteiger partial charge is 0.226 e. The topological polar surface area (TPSA) is 50.4 Å². The highest BCUT2D eigenvalue weighted by Gasteiger charge is 2.36. The largest absolute Gasteiger partial charge is 0.497 e. The van der Waals surface area contributed by atoms with Crippen molar-refractivity contribution in [2.24, 2.45) is 11.3 Å². The second-order valence-electron chi connectivity index (χ2n) is 6.30. The quantitative estimate of drug-likeness (QED) is 0.875. The summed E-state index contributed by atoms with van der Waals surface area (Å²) in [6, 6.07) is 7.79. The number of nitrogens with one attached hydrogen (secondary N) is 2. The zero-order valence-corrected chi connectivity index (χ0v) is 13.2. The molecule has 2 rings (SSSR count). The van der Waals surface area contributed by atoms with Gasteiger partial charge in [-0.05, 0) is 49.5 Å². The molecule has 1 heterocycles. The van der Waals surface area contributed by atoms with Gasteiger partial charge in [-0.3, -0.25) is 4.79 Å². The lowest BCUT2D eigenvalue weighted by Crippen LogP contribution is -2.47. The van der Waals surface area contributed by atoms with Crippen LogP contribution in [0.25, 0.3) is 0 Å². The second-order valence-corrected chi connectivity index (χ2v) is 6.30. The number of carbonyl (C=O) groups excluding carboxylic acids is 1. The third kappa shape index (κ3) is 3.97. The molecule has 0 radical (unpaired) electrons. The molecule has 0 aliphatic carbocycles. The minimum Gasteiger partial charge on any atom is -0.497 e. The molecular weight excluding hydrogens is 264 g/mol. The minimum absolute atomic E-state index is 0.131. The summed E-state index contributed by atoms with van der Waals surface area (Å²) in [6.45, 7) is 6.66. The van der Waals surface area contributed by atoms with Crippen molar-refractivity contribution >= 4 is 5.91 Å². The highest BCUT2D eigenvalue weighted by atomic mass is 16.5. The molecule has 1 fully saturated rings. The zero-order valence-electron chi connectivity index (χ0n) is 13.2. The van der Waals surface area contributed by atoms with Gasteiger partial charge in [0.15, 0.2) is 0 Å². The average molecular weight is 290 g/mol. The van der Waals surface area contributed by atoms with Crippen LogP contribution in [0, 0.1) is 11.3 Å². The van der Waals surface area contributed by atoms with Crippen molar-refractivity contribution in [1.82, 2.24) is 10.6 Å². The van der Waals surface area contributed by atoms with Crippen LogP contribution in [0.5, 0.6) is 5.75 Å². The van der Waals surface area contributed by atoms with Crippen molar-refractivity contribution in [3.8, 4) is 5.75 Å². The lowest BCUT2D eigenvalue weighted by molar-refractivity contribution is -0.132. The molecule has 0 bridgehead atoms. The highest BCUT2D eigenvalue weighted by molar-refractivity contribution is 5.82. The predicted molar refractivity (Wildman–Crippen MR) is 84.2 cm³/mol. The van der Waals surface area contributed by atoms with E-state index < -0.39 is 0 Å². The van der Waals surface area contributed by atoms with Crippen molar-refractivity contribution in [2.75, 3.05) is 20.2 Å². The molecule has 4 nitrogen and oxygen atoms in total. The SMILES string of the molecule is COc1ccc(CNC(=O)C(C)(C)C2CCCNC2)cc1. The van der Waals surface area contributed by atoms with Gasteiger partial charge in [0, 0.05) is 12.0 Å². The van der Waals surface area contributed by atoms with Crippen molar-refractivity contribution in [2.45, 2.75) is 33.2 Å². The Morgan fingerprint density at radius 2 is 2.10 bits per heavy atom. The summed E-state index contributed by atoms with van der Waals surface area (Å²) in [6.07, 6.45) is 2.27. The minimum atomic E-state index is -0.333. The van der Waals surface area contributed by atoms with E-state index in [9.17, 15) is 4.79 Å².